The molecule has 2 amide bonds. The summed E-state index contributed by atoms with van der Waals surface area (Å²) in [5, 5.41) is 7.67. The van der Waals surface area contributed by atoms with Gasteiger partial charge >= 0.3 is 6.18 Å². The highest BCUT2D eigenvalue weighted by molar-refractivity contribution is 6.52. The molecule has 4 rings (SSSR count). The van der Waals surface area contributed by atoms with Crippen molar-refractivity contribution in [3.8, 4) is 0 Å². The molecule has 0 saturated heterocycles. The molecule has 2 aromatic carbocycles. The van der Waals surface area contributed by atoms with Crippen molar-refractivity contribution in [1.82, 2.24) is 15.0 Å². The average molecular weight is 447 g/mol. The maximum Gasteiger partial charge on any atom is 0.416 e. The van der Waals surface area contributed by atoms with Gasteiger partial charge in [-0.3, -0.25) is 19.3 Å². The minimum atomic E-state index is -4.66. The number of anilines is 1. The van der Waals surface area contributed by atoms with Gasteiger partial charge in [0.25, 0.3) is 11.7 Å². The molecule has 0 radical (unpaired) electrons. The molecule has 2 N–H and O–H groups in total. The number of rotatable bonds is 5. The number of aromatic nitrogens is 3. The molecule has 1 aromatic heterocycles. The molecule has 0 bridgehead atoms. The average Bonchev–Trinajstić information content (AvgIpc) is 3.26. The Morgan fingerprint density at radius 2 is 1.81 bits per heavy atom. The Hall–Kier alpha value is -4.09. The fraction of sp³-hybridized carbons (Fsp3) is 0.150. The number of alkyl halides is 3. The number of nitrogens with two attached hydrogens (primary N) is 1. The van der Waals surface area contributed by atoms with Crippen molar-refractivity contribution in [2.45, 2.75) is 19.3 Å². The third-order valence-electron chi connectivity index (χ3n) is 4.87. The second-order valence-corrected chi connectivity index (χ2v) is 7.03. The number of benzene rings is 2. The molecular weight excluding hydrogens is 434 g/mol. The lowest BCUT2D eigenvalue weighted by Gasteiger charge is -2.14. The molecule has 0 fully saturated rings. The molecule has 2 heterocycles. The van der Waals surface area contributed by atoms with Crippen LogP contribution in [0.2, 0.25) is 0 Å². The monoisotopic (exact) mass is 447 g/mol. The van der Waals surface area contributed by atoms with Crippen LogP contribution in [0, 0.1) is 5.82 Å². The third-order valence-corrected chi connectivity index (χ3v) is 4.87. The smallest absolute Gasteiger partial charge is 0.366 e. The van der Waals surface area contributed by atoms with Crippen LogP contribution in [0.3, 0.4) is 0 Å². The summed E-state index contributed by atoms with van der Waals surface area (Å²) in [5.41, 5.74) is 4.70. The molecule has 0 unspecified atom stereocenters. The van der Waals surface area contributed by atoms with E-state index >= 15 is 0 Å². The number of carbonyl (C=O) groups excluding carboxylic acids is 3. The Morgan fingerprint density at radius 3 is 2.47 bits per heavy atom. The molecule has 0 saturated carbocycles. The lowest BCUT2D eigenvalue weighted by Crippen LogP contribution is -2.29. The standard InChI is InChI=1S/C20H13F4N5O3/c21-15-6-12(20(22,23)24)3-1-11(15)7-28-8-13(26-27-28)9-29-16-4-2-10(18(25)31)5-14(16)17(30)19(29)32/h1-6,8H,7,9H2,(H2,25,31). The van der Waals surface area contributed by atoms with E-state index in [0.717, 1.165) is 17.0 Å². The van der Waals surface area contributed by atoms with Crippen molar-refractivity contribution >= 4 is 23.3 Å². The predicted molar refractivity (Wildman–Crippen MR) is 101 cm³/mol. The number of Topliss-reactive ketones (excluding diaryl/α,β-unsaturated/α-hetero) is 1. The summed E-state index contributed by atoms with van der Waals surface area (Å²) in [6.45, 7) is -0.328. The van der Waals surface area contributed by atoms with E-state index in [1.54, 1.807) is 0 Å². The van der Waals surface area contributed by atoms with Gasteiger partial charge in [-0.2, -0.15) is 13.2 Å². The Labute approximate surface area is 177 Å². The third kappa shape index (κ3) is 3.82. The summed E-state index contributed by atoms with van der Waals surface area (Å²) >= 11 is 0. The highest BCUT2D eigenvalue weighted by atomic mass is 19.4. The van der Waals surface area contributed by atoms with Crippen LogP contribution < -0.4 is 10.6 Å². The minimum absolute atomic E-state index is 0.0329. The predicted octanol–water partition coefficient (Wildman–Crippen LogP) is 2.31. The molecule has 1 aliphatic rings. The lowest BCUT2D eigenvalue weighted by molar-refractivity contribution is -0.137. The van der Waals surface area contributed by atoms with Crippen molar-refractivity contribution < 1.29 is 31.9 Å². The lowest BCUT2D eigenvalue weighted by atomic mass is 10.1. The fourth-order valence-electron chi connectivity index (χ4n) is 3.29. The number of hydrogen-bond donors (Lipinski definition) is 1. The first-order valence-corrected chi connectivity index (χ1v) is 9.09. The summed E-state index contributed by atoms with van der Waals surface area (Å²) in [5.74, 6) is -3.42. The molecule has 12 heteroatoms. The number of carbonyl (C=O) groups is 3. The highest BCUT2D eigenvalue weighted by Gasteiger charge is 2.36. The van der Waals surface area contributed by atoms with E-state index in [4.69, 9.17) is 5.73 Å². The van der Waals surface area contributed by atoms with Crippen LogP contribution in [-0.2, 0) is 24.1 Å². The van der Waals surface area contributed by atoms with E-state index in [1.807, 2.05) is 0 Å². The van der Waals surface area contributed by atoms with E-state index in [-0.39, 0.29) is 41.2 Å². The van der Waals surface area contributed by atoms with Gasteiger partial charge in [0.05, 0.1) is 36.1 Å². The van der Waals surface area contributed by atoms with Crippen LogP contribution in [0.15, 0.2) is 42.6 Å². The minimum Gasteiger partial charge on any atom is -0.366 e. The summed E-state index contributed by atoms with van der Waals surface area (Å²) < 4.78 is 53.3. The van der Waals surface area contributed by atoms with Crippen molar-refractivity contribution in [2.24, 2.45) is 5.73 Å². The molecule has 164 valence electrons. The molecular formula is C20H13F4N5O3. The van der Waals surface area contributed by atoms with Crippen LogP contribution >= 0.6 is 0 Å². The fourth-order valence-corrected chi connectivity index (χ4v) is 3.29. The van der Waals surface area contributed by atoms with Gasteiger partial charge in [-0.25, -0.2) is 9.07 Å². The SMILES string of the molecule is NC(=O)c1ccc2c(c1)C(=O)C(=O)N2Cc1cn(Cc2ccc(C(F)(F)F)cc2F)nn1. The van der Waals surface area contributed by atoms with E-state index in [1.165, 1.54) is 29.1 Å². The summed E-state index contributed by atoms with van der Waals surface area (Å²) in [6, 6.07) is 6.21. The second-order valence-electron chi connectivity index (χ2n) is 7.03. The van der Waals surface area contributed by atoms with Gasteiger partial charge in [0, 0.05) is 11.1 Å². The van der Waals surface area contributed by atoms with Crippen LogP contribution in [0.4, 0.5) is 23.2 Å². The Balaban J connectivity index is 1.53. The molecule has 32 heavy (non-hydrogen) atoms. The number of halogens is 4. The zero-order valence-electron chi connectivity index (χ0n) is 16.1. The van der Waals surface area contributed by atoms with Crippen LogP contribution in [-0.4, -0.2) is 32.6 Å². The van der Waals surface area contributed by atoms with Gasteiger partial charge in [0.2, 0.25) is 5.91 Å². The van der Waals surface area contributed by atoms with E-state index in [0.29, 0.717) is 6.07 Å². The van der Waals surface area contributed by atoms with Gasteiger partial charge in [-0.05, 0) is 30.3 Å². The van der Waals surface area contributed by atoms with Gasteiger partial charge in [0.1, 0.15) is 11.5 Å². The number of primary amides is 1. The van der Waals surface area contributed by atoms with E-state index < -0.39 is 35.2 Å². The van der Waals surface area contributed by atoms with Crippen LogP contribution in [0.1, 0.15) is 37.5 Å². The molecule has 0 atom stereocenters. The van der Waals surface area contributed by atoms with Gasteiger partial charge in [-0.1, -0.05) is 11.3 Å². The summed E-state index contributed by atoms with van der Waals surface area (Å²) in [4.78, 5) is 37.1. The van der Waals surface area contributed by atoms with Crippen LogP contribution in [0.25, 0.3) is 0 Å². The zero-order chi connectivity index (χ0) is 23.2. The Kier molecular flexibility index (Phi) is 4.99. The van der Waals surface area contributed by atoms with Crippen molar-refractivity contribution in [3.63, 3.8) is 0 Å². The maximum atomic E-state index is 14.1. The van der Waals surface area contributed by atoms with Crippen molar-refractivity contribution in [1.29, 1.82) is 0 Å². The molecule has 3 aromatic rings. The number of nitrogens with zero attached hydrogens (tertiary/aromatic N) is 4. The second kappa shape index (κ2) is 7.55. The van der Waals surface area contributed by atoms with Gasteiger partial charge in [0.15, 0.2) is 0 Å². The van der Waals surface area contributed by atoms with E-state index in [9.17, 15) is 31.9 Å². The first kappa shape index (κ1) is 21.2. The maximum absolute atomic E-state index is 14.1. The Morgan fingerprint density at radius 1 is 1.06 bits per heavy atom. The number of hydrogen-bond acceptors (Lipinski definition) is 5. The topological polar surface area (TPSA) is 111 Å². The largest absolute Gasteiger partial charge is 0.416 e. The summed E-state index contributed by atoms with van der Waals surface area (Å²) in [6.07, 6.45) is -3.28. The number of amides is 2. The first-order valence-electron chi connectivity index (χ1n) is 9.09. The zero-order valence-corrected chi connectivity index (χ0v) is 16.1. The molecule has 0 aliphatic carbocycles. The number of ketones is 1. The number of fused-ring (bicyclic) bond motifs is 1. The molecule has 8 nitrogen and oxygen atoms in total. The van der Waals surface area contributed by atoms with Crippen LogP contribution in [0.5, 0.6) is 0 Å². The van der Waals surface area contributed by atoms with Gasteiger partial charge < -0.3 is 5.73 Å². The Bertz CT molecular complexity index is 1270. The van der Waals surface area contributed by atoms with E-state index in [2.05, 4.69) is 10.3 Å². The molecule has 0 spiro atoms. The van der Waals surface area contributed by atoms with Gasteiger partial charge in [-0.15, -0.1) is 5.10 Å². The molecule has 1 aliphatic heterocycles. The quantitative estimate of drug-likeness (QED) is 0.477. The van der Waals surface area contributed by atoms with Crippen molar-refractivity contribution in [2.75, 3.05) is 4.90 Å². The summed E-state index contributed by atoms with van der Waals surface area (Å²) in [7, 11) is 0. The first-order chi connectivity index (χ1) is 15.0. The normalized spacial score (nSPS) is 13.6. The highest BCUT2D eigenvalue weighted by Crippen LogP contribution is 2.32. The van der Waals surface area contributed by atoms with Crippen molar-refractivity contribution in [3.05, 3.63) is 76.4 Å².